The third-order valence-electron chi connectivity index (χ3n) is 2.81. The average Bonchev–Trinajstić information content (AvgIpc) is 2.38. The minimum Gasteiger partial charge on any atom is -0.378 e. The maximum atomic E-state index is 12.9. The standard InChI is InChI=1S/C13H17FN2O2.ClH/c14-11-3-1-2-10(6-11)8-16-13(17)7-12-9-18-5-4-15-12;/h1-3,6,12,15H,4-5,7-9H2,(H,16,17);1H. The summed E-state index contributed by atoms with van der Waals surface area (Å²) in [5.41, 5.74) is 0.760. The maximum absolute atomic E-state index is 12.9. The number of amides is 1. The highest BCUT2D eigenvalue weighted by atomic mass is 35.5. The van der Waals surface area contributed by atoms with Gasteiger partial charge in [-0.15, -0.1) is 12.4 Å². The Morgan fingerprint density at radius 1 is 1.53 bits per heavy atom. The van der Waals surface area contributed by atoms with Crippen LogP contribution in [0.1, 0.15) is 12.0 Å². The van der Waals surface area contributed by atoms with Crippen molar-refractivity contribution in [3.63, 3.8) is 0 Å². The fourth-order valence-corrected chi connectivity index (χ4v) is 1.89. The first kappa shape index (κ1) is 15.9. The second-order valence-electron chi connectivity index (χ2n) is 4.34. The smallest absolute Gasteiger partial charge is 0.221 e. The Labute approximate surface area is 118 Å². The predicted octanol–water partition coefficient (Wildman–Crippen LogP) is 1.24. The third-order valence-corrected chi connectivity index (χ3v) is 2.81. The first-order valence-electron chi connectivity index (χ1n) is 6.06. The second-order valence-corrected chi connectivity index (χ2v) is 4.34. The van der Waals surface area contributed by atoms with Gasteiger partial charge in [0.15, 0.2) is 0 Å². The molecule has 1 aromatic rings. The van der Waals surface area contributed by atoms with E-state index in [4.69, 9.17) is 4.74 Å². The molecule has 1 aromatic carbocycles. The van der Waals surface area contributed by atoms with E-state index in [0.29, 0.717) is 26.2 Å². The maximum Gasteiger partial charge on any atom is 0.221 e. The summed E-state index contributed by atoms with van der Waals surface area (Å²) < 4.78 is 18.2. The number of carbonyl (C=O) groups excluding carboxylic acids is 1. The molecule has 1 atom stereocenters. The molecule has 2 N–H and O–H groups in total. The van der Waals surface area contributed by atoms with Crippen LogP contribution in [0.2, 0.25) is 0 Å². The Morgan fingerprint density at radius 3 is 3.05 bits per heavy atom. The van der Waals surface area contributed by atoms with Crippen molar-refractivity contribution in [2.45, 2.75) is 19.0 Å². The molecule has 6 heteroatoms. The quantitative estimate of drug-likeness (QED) is 0.876. The molecule has 106 valence electrons. The number of hydrogen-bond acceptors (Lipinski definition) is 3. The van der Waals surface area contributed by atoms with Crippen molar-refractivity contribution in [1.29, 1.82) is 0 Å². The van der Waals surface area contributed by atoms with E-state index >= 15 is 0 Å². The van der Waals surface area contributed by atoms with Crippen LogP contribution in [-0.4, -0.2) is 31.7 Å². The summed E-state index contributed by atoms with van der Waals surface area (Å²) in [7, 11) is 0. The number of halogens is 2. The highest BCUT2D eigenvalue weighted by molar-refractivity contribution is 5.85. The van der Waals surface area contributed by atoms with Crippen LogP contribution in [0.3, 0.4) is 0 Å². The normalized spacial score (nSPS) is 18.5. The molecular formula is C13H18ClFN2O2. The van der Waals surface area contributed by atoms with Crippen molar-refractivity contribution >= 4 is 18.3 Å². The molecule has 0 aromatic heterocycles. The Bertz CT molecular complexity index is 411. The summed E-state index contributed by atoms with van der Waals surface area (Å²) in [6.07, 6.45) is 0.384. The number of ether oxygens (including phenoxy) is 1. The van der Waals surface area contributed by atoms with Gasteiger partial charge in [-0.1, -0.05) is 12.1 Å². The monoisotopic (exact) mass is 288 g/mol. The molecule has 1 amide bonds. The number of benzene rings is 1. The van der Waals surface area contributed by atoms with Crippen LogP contribution in [0.5, 0.6) is 0 Å². The average molecular weight is 289 g/mol. The van der Waals surface area contributed by atoms with Gasteiger partial charge in [0.25, 0.3) is 0 Å². The summed E-state index contributed by atoms with van der Waals surface area (Å²) in [6, 6.07) is 6.29. The van der Waals surface area contributed by atoms with Gasteiger partial charge in [0.05, 0.1) is 13.2 Å². The van der Waals surface area contributed by atoms with Crippen LogP contribution in [0.4, 0.5) is 4.39 Å². The Morgan fingerprint density at radius 2 is 2.37 bits per heavy atom. The zero-order valence-electron chi connectivity index (χ0n) is 10.5. The van der Waals surface area contributed by atoms with Gasteiger partial charge < -0.3 is 15.4 Å². The molecule has 19 heavy (non-hydrogen) atoms. The highest BCUT2D eigenvalue weighted by Crippen LogP contribution is 2.03. The predicted molar refractivity (Wildman–Crippen MR) is 72.7 cm³/mol. The molecular weight excluding hydrogens is 271 g/mol. The van der Waals surface area contributed by atoms with Gasteiger partial charge >= 0.3 is 0 Å². The van der Waals surface area contributed by atoms with Crippen LogP contribution in [0.25, 0.3) is 0 Å². The molecule has 1 heterocycles. The minimum atomic E-state index is -0.288. The van der Waals surface area contributed by atoms with Crippen LogP contribution < -0.4 is 10.6 Å². The van der Waals surface area contributed by atoms with Crippen LogP contribution in [-0.2, 0) is 16.1 Å². The van der Waals surface area contributed by atoms with Gasteiger partial charge in [-0.25, -0.2) is 4.39 Å². The molecule has 2 rings (SSSR count). The van der Waals surface area contributed by atoms with Gasteiger partial charge in [0.1, 0.15) is 5.82 Å². The Balaban J connectivity index is 0.00000180. The van der Waals surface area contributed by atoms with Crippen LogP contribution in [0.15, 0.2) is 24.3 Å². The first-order chi connectivity index (χ1) is 8.74. The molecule has 0 spiro atoms. The summed E-state index contributed by atoms with van der Waals surface area (Å²) in [6.45, 7) is 2.39. The number of rotatable bonds is 4. The van der Waals surface area contributed by atoms with Crippen molar-refractivity contribution < 1.29 is 13.9 Å². The van der Waals surface area contributed by atoms with E-state index in [9.17, 15) is 9.18 Å². The molecule has 0 aliphatic carbocycles. The van der Waals surface area contributed by atoms with Gasteiger partial charge in [0.2, 0.25) is 5.91 Å². The van der Waals surface area contributed by atoms with E-state index in [0.717, 1.165) is 12.1 Å². The largest absolute Gasteiger partial charge is 0.378 e. The van der Waals surface area contributed by atoms with Crippen molar-refractivity contribution in [3.05, 3.63) is 35.6 Å². The van der Waals surface area contributed by atoms with Gasteiger partial charge in [0, 0.05) is 25.6 Å². The summed E-state index contributed by atoms with van der Waals surface area (Å²) >= 11 is 0. The lowest BCUT2D eigenvalue weighted by Crippen LogP contribution is -2.44. The Hall–Kier alpha value is -1.17. The first-order valence-corrected chi connectivity index (χ1v) is 6.06. The summed E-state index contributed by atoms with van der Waals surface area (Å²) in [5.74, 6) is -0.341. The summed E-state index contributed by atoms with van der Waals surface area (Å²) in [4.78, 5) is 11.7. The fraction of sp³-hybridized carbons (Fsp3) is 0.462. The van der Waals surface area contributed by atoms with E-state index < -0.39 is 0 Å². The van der Waals surface area contributed by atoms with Crippen molar-refractivity contribution in [3.8, 4) is 0 Å². The highest BCUT2D eigenvalue weighted by Gasteiger charge is 2.16. The topological polar surface area (TPSA) is 50.4 Å². The summed E-state index contributed by atoms with van der Waals surface area (Å²) in [5, 5.41) is 5.98. The van der Waals surface area contributed by atoms with E-state index in [1.54, 1.807) is 12.1 Å². The zero-order valence-corrected chi connectivity index (χ0v) is 11.3. The lowest BCUT2D eigenvalue weighted by atomic mass is 10.1. The van der Waals surface area contributed by atoms with E-state index in [1.165, 1.54) is 12.1 Å². The molecule has 1 saturated heterocycles. The molecule has 1 aliphatic heterocycles. The molecule has 4 nitrogen and oxygen atoms in total. The molecule has 0 radical (unpaired) electrons. The molecule has 1 aliphatic rings. The van der Waals surface area contributed by atoms with Crippen molar-refractivity contribution in [2.75, 3.05) is 19.8 Å². The SMILES string of the molecule is Cl.O=C(CC1COCCN1)NCc1cccc(F)c1. The minimum absolute atomic E-state index is 0. The van der Waals surface area contributed by atoms with Crippen LogP contribution >= 0.6 is 12.4 Å². The molecule has 0 saturated carbocycles. The van der Waals surface area contributed by atoms with Crippen molar-refractivity contribution in [1.82, 2.24) is 10.6 Å². The number of hydrogen-bond donors (Lipinski definition) is 2. The zero-order chi connectivity index (χ0) is 12.8. The van der Waals surface area contributed by atoms with Gasteiger partial charge in [-0.05, 0) is 17.7 Å². The van der Waals surface area contributed by atoms with Gasteiger partial charge in [-0.2, -0.15) is 0 Å². The third kappa shape index (κ3) is 5.55. The van der Waals surface area contributed by atoms with Crippen molar-refractivity contribution in [2.24, 2.45) is 0 Å². The second kappa shape index (κ2) is 8.09. The van der Waals surface area contributed by atoms with E-state index in [2.05, 4.69) is 10.6 Å². The van der Waals surface area contributed by atoms with Crippen LogP contribution in [0, 0.1) is 5.82 Å². The lowest BCUT2D eigenvalue weighted by molar-refractivity contribution is -0.122. The number of morpholine rings is 1. The Kier molecular flexibility index (Phi) is 6.77. The van der Waals surface area contributed by atoms with E-state index in [-0.39, 0.29) is 30.2 Å². The molecule has 1 unspecified atom stereocenters. The molecule has 0 bridgehead atoms. The molecule has 1 fully saturated rings. The fourth-order valence-electron chi connectivity index (χ4n) is 1.89. The number of carbonyl (C=O) groups is 1. The number of nitrogens with one attached hydrogen (secondary N) is 2. The lowest BCUT2D eigenvalue weighted by Gasteiger charge is -2.23. The van der Waals surface area contributed by atoms with E-state index in [1.807, 2.05) is 0 Å². The van der Waals surface area contributed by atoms with Gasteiger partial charge in [-0.3, -0.25) is 4.79 Å².